The Balaban J connectivity index is 1.38. The van der Waals surface area contributed by atoms with Gasteiger partial charge in [-0.1, -0.05) is 28.1 Å². The van der Waals surface area contributed by atoms with Crippen LogP contribution in [0.25, 0.3) is 11.3 Å². The number of fused-ring (bicyclic) bond motifs is 1. The molecule has 0 aliphatic heterocycles. The van der Waals surface area contributed by atoms with Crippen LogP contribution >= 0.6 is 43.2 Å². The number of nitrogens with zero attached hydrogens (tertiary/aromatic N) is 1. The SMILES string of the molecule is O=C(COc1ccc(Br)cc1Br)Nc1nc(-c2ccc3c(c2)CCCC3)cs1. The largest absolute Gasteiger partial charge is 0.483 e. The van der Waals surface area contributed by atoms with E-state index in [1.54, 1.807) is 6.07 Å². The number of rotatable bonds is 5. The lowest BCUT2D eigenvalue weighted by Gasteiger charge is -2.16. The number of ether oxygens (including phenoxy) is 1. The topological polar surface area (TPSA) is 51.2 Å². The highest BCUT2D eigenvalue weighted by molar-refractivity contribution is 9.11. The van der Waals surface area contributed by atoms with E-state index in [2.05, 4.69) is 60.4 Å². The molecule has 3 aromatic rings. The Morgan fingerprint density at radius 3 is 2.75 bits per heavy atom. The van der Waals surface area contributed by atoms with Crippen molar-refractivity contribution in [2.75, 3.05) is 11.9 Å². The second-order valence-electron chi connectivity index (χ2n) is 6.64. The average Bonchev–Trinajstić information content (AvgIpc) is 3.15. The van der Waals surface area contributed by atoms with Gasteiger partial charge >= 0.3 is 0 Å². The number of thiazole rings is 1. The Morgan fingerprint density at radius 1 is 1.11 bits per heavy atom. The normalized spacial score (nSPS) is 13.1. The van der Waals surface area contributed by atoms with E-state index in [4.69, 9.17) is 4.74 Å². The fourth-order valence-electron chi connectivity index (χ4n) is 3.25. The van der Waals surface area contributed by atoms with Gasteiger partial charge in [-0.15, -0.1) is 11.3 Å². The molecule has 7 heteroatoms. The Labute approximate surface area is 184 Å². The van der Waals surface area contributed by atoms with E-state index in [9.17, 15) is 4.79 Å². The van der Waals surface area contributed by atoms with Crippen molar-refractivity contribution >= 4 is 54.2 Å². The summed E-state index contributed by atoms with van der Waals surface area (Å²) in [7, 11) is 0. The quantitative estimate of drug-likeness (QED) is 0.433. The molecule has 1 amide bonds. The van der Waals surface area contributed by atoms with Gasteiger partial charge in [0.1, 0.15) is 5.75 Å². The molecular weight excluding hydrogens is 504 g/mol. The van der Waals surface area contributed by atoms with Crippen LogP contribution < -0.4 is 10.1 Å². The van der Waals surface area contributed by atoms with Crippen LogP contribution in [-0.4, -0.2) is 17.5 Å². The molecule has 1 aliphatic carbocycles. The Morgan fingerprint density at radius 2 is 1.93 bits per heavy atom. The van der Waals surface area contributed by atoms with Gasteiger partial charge in [-0.2, -0.15) is 0 Å². The minimum Gasteiger partial charge on any atom is -0.483 e. The third-order valence-corrected chi connectivity index (χ3v) is 6.52. The number of amides is 1. The molecule has 4 rings (SSSR count). The number of carbonyl (C=O) groups excluding carboxylic acids is 1. The van der Waals surface area contributed by atoms with Crippen molar-refractivity contribution in [3.05, 3.63) is 61.9 Å². The number of aryl methyl sites for hydroxylation is 2. The smallest absolute Gasteiger partial charge is 0.264 e. The zero-order valence-electron chi connectivity index (χ0n) is 15.0. The number of carbonyl (C=O) groups is 1. The summed E-state index contributed by atoms with van der Waals surface area (Å²) < 4.78 is 7.31. The number of aromatic nitrogens is 1. The van der Waals surface area contributed by atoms with Gasteiger partial charge in [-0.05, 0) is 77.0 Å². The first-order valence-electron chi connectivity index (χ1n) is 9.04. The molecule has 2 aromatic carbocycles. The van der Waals surface area contributed by atoms with Crippen LogP contribution in [0, 0.1) is 0 Å². The lowest BCUT2D eigenvalue weighted by atomic mass is 9.90. The van der Waals surface area contributed by atoms with Crippen LogP contribution in [0.4, 0.5) is 5.13 Å². The van der Waals surface area contributed by atoms with Crippen LogP contribution in [-0.2, 0) is 17.6 Å². The minimum absolute atomic E-state index is 0.0754. The van der Waals surface area contributed by atoms with E-state index in [0.29, 0.717) is 10.9 Å². The second-order valence-corrected chi connectivity index (χ2v) is 9.27. The van der Waals surface area contributed by atoms with Crippen molar-refractivity contribution < 1.29 is 9.53 Å². The lowest BCUT2D eigenvalue weighted by Crippen LogP contribution is -2.20. The molecule has 0 radical (unpaired) electrons. The summed E-state index contributed by atoms with van der Waals surface area (Å²) in [5.74, 6) is 0.383. The number of anilines is 1. The van der Waals surface area contributed by atoms with E-state index in [1.807, 2.05) is 17.5 Å². The number of hydrogen-bond donors (Lipinski definition) is 1. The van der Waals surface area contributed by atoms with Gasteiger partial charge in [0, 0.05) is 15.4 Å². The molecule has 28 heavy (non-hydrogen) atoms. The van der Waals surface area contributed by atoms with Crippen molar-refractivity contribution in [3.8, 4) is 17.0 Å². The van der Waals surface area contributed by atoms with Gasteiger partial charge in [0.15, 0.2) is 11.7 Å². The van der Waals surface area contributed by atoms with Gasteiger partial charge < -0.3 is 4.74 Å². The first-order chi connectivity index (χ1) is 13.6. The third kappa shape index (κ3) is 4.64. The number of nitrogens with one attached hydrogen (secondary N) is 1. The molecule has 0 atom stereocenters. The van der Waals surface area contributed by atoms with E-state index in [1.165, 1.54) is 41.7 Å². The van der Waals surface area contributed by atoms with Crippen molar-refractivity contribution in [2.24, 2.45) is 0 Å². The molecule has 144 valence electrons. The van der Waals surface area contributed by atoms with Crippen LogP contribution in [0.1, 0.15) is 24.0 Å². The molecule has 0 fully saturated rings. The van der Waals surface area contributed by atoms with E-state index in [-0.39, 0.29) is 12.5 Å². The summed E-state index contributed by atoms with van der Waals surface area (Å²) in [4.78, 5) is 16.8. The molecule has 0 unspecified atom stereocenters. The highest BCUT2D eigenvalue weighted by Gasteiger charge is 2.13. The van der Waals surface area contributed by atoms with Gasteiger partial charge in [-0.3, -0.25) is 10.1 Å². The zero-order valence-corrected chi connectivity index (χ0v) is 19.0. The maximum Gasteiger partial charge on any atom is 0.264 e. The van der Waals surface area contributed by atoms with Gasteiger partial charge in [0.05, 0.1) is 10.2 Å². The minimum atomic E-state index is -0.235. The first-order valence-corrected chi connectivity index (χ1v) is 11.5. The fourth-order valence-corrected chi connectivity index (χ4v) is 5.14. The monoisotopic (exact) mass is 520 g/mol. The van der Waals surface area contributed by atoms with Crippen LogP contribution in [0.2, 0.25) is 0 Å². The maximum atomic E-state index is 12.2. The van der Waals surface area contributed by atoms with Crippen molar-refractivity contribution in [1.82, 2.24) is 4.98 Å². The molecule has 1 heterocycles. The standard InChI is InChI=1S/C21H18Br2N2O2S/c22-16-7-8-19(17(23)10-16)27-11-20(26)25-21-24-18(12-28-21)15-6-5-13-3-1-2-4-14(13)9-15/h5-10,12H,1-4,11H2,(H,24,25,26). The van der Waals surface area contributed by atoms with E-state index >= 15 is 0 Å². The Kier molecular flexibility index (Phi) is 6.13. The lowest BCUT2D eigenvalue weighted by molar-refractivity contribution is -0.118. The summed E-state index contributed by atoms with van der Waals surface area (Å²) in [5, 5.41) is 5.37. The van der Waals surface area contributed by atoms with Crippen molar-refractivity contribution in [2.45, 2.75) is 25.7 Å². The Hall–Kier alpha value is -1.70. The average molecular weight is 522 g/mol. The van der Waals surface area contributed by atoms with Crippen LogP contribution in [0.3, 0.4) is 0 Å². The highest BCUT2D eigenvalue weighted by Crippen LogP contribution is 2.30. The van der Waals surface area contributed by atoms with Crippen LogP contribution in [0.5, 0.6) is 5.75 Å². The first kappa shape index (κ1) is 19.6. The molecule has 0 spiro atoms. The molecule has 0 bridgehead atoms. The third-order valence-electron chi connectivity index (χ3n) is 4.65. The predicted octanol–water partition coefficient (Wildman–Crippen LogP) is 6.23. The summed E-state index contributed by atoms with van der Waals surface area (Å²) in [6.07, 6.45) is 4.84. The molecule has 4 nitrogen and oxygen atoms in total. The predicted molar refractivity (Wildman–Crippen MR) is 120 cm³/mol. The maximum absolute atomic E-state index is 12.2. The van der Waals surface area contributed by atoms with Crippen molar-refractivity contribution in [3.63, 3.8) is 0 Å². The summed E-state index contributed by atoms with van der Waals surface area (Å²) in [5.41, 5.74) is 4.88. The molecular formula is C21H18Br2N2O2S. The van der Waals surface area contributed by atoms with Crippen LogP contribution in [0.15, 0.2) is 50.7 Å². The fraction of sp³-hybridized carbons (Fsp3) is 0.238. The van der Waals surface area contributed by atoms with Gasteiger partial charge in [0.25, 0.3) is 5.91 Å². The van der Waals surface area contributed by atoms with Gasteiger partial charge in [0.2, 0.25) is 0 Å². The molecule has 1 aliphatic rings. The molecule has 1 aromatic heterocycles. The van der Waals surface area contributed by atoms with E-state index < -0.39 is 0 Å². The Bertz CT molecular complexity index is 1020. The van der Waals surface area contributed by atoms with Crippen molar-refractivity contribution in [1.29, 1.82) is 0 Å². The second kappa shape index (κ2) is 8.76. The summed E-state index contributed by atoms with van der Waals surface area (Å²) in [6, 6.07) is 12.1. The van der Waals surface area contributed by atoms with E-state index in [0.717, 1.165) is 26.6 Å². The summed E-state index contributed by atoms with van der Waals surface area (Å²) >= 11 is 8.24. The molecule has 0 saturated carbocycles. The number of halogens is 2. The number of benzene rings is 2. The summed E-state index contributed by atoms with van der Waals surface area (Å²) in [6.45, 7) is -0.0754. The molecule has 0 saturated heterocycles. The van der Waals surface area contributed by atoms with Gasteiger partial charge in [-0.25, -0.2) is 4.98 Å². The molecule has 1 N–H and O–H groups in total. The zero-order chi connectivity index (χ0) is 19.5. The number of hydrogen-bond acceptors (Lipinski definition) is 4. The highest BCUT2D eigenvalue weighted by atomic mass is 79.9.